The Bertz CT molecular complexity index is 723. The molecule has 0 saturated carbocycles. The molecule has 3 unspecified atom stereocenters. The zero-order chi connectivity index (χ0) is 30.1. The largest absolute Gasteiger partial charge is 0.756 e. The van der Waals surface area contributed by atoms with Gasteiger partial charge in [0.25, 0.3) is 7.82 Å². The van der Waals surface area contributed by atoms with Crippen LogP contribution in [0.5, 0.6) is 0 Å². The van der Waals surface area contributed by atoms with Gasteiger partial charge in [0.1, 0.15) is 13.2 Å². The summed E-state index contributed by atoms with van der Waals surface area (Å²) >= 11 is 0. The van der Waals surface area contributed by atoms with Crippen LogP contribution in [0.1, 0.15) is 117 Å². The first-order valence-corrected chi connectivity index (χ1v) is 17.2. The number of carbonyl (C=O) groups excluding carboxylic acids is 1. The van der Waals surface area contributed by atoms with E-state index < -0.39 is 26.6 Å². The van der Waals surface area contributed by atoms with Crippen molar-refractivity contribution < 1.29 is 32.9 Å². The van der Waals surface area contributed by atoms with Crippen LogP contribution in [0.2, 0.25) is 0 Å². The molecule has 0 aromatic heterocycles. The number of carbonyl (C=O) groups is 1. The number of nitrogens with zero attached hydrogens (tertiary/aromatic N) is 1. The van der Waals surface area contributed by atoms with E-state index in [4.69, 9.17) is 9.05 Å². The Labute approximate surface area is 245 Å². The molecular weight excluding hydrogens is 527 g/mol. The number of allylic oxidation sites excluding steroid dienone is 3. The lowest BCUT2D eigenvalue weighted by atomic mass is 10.1. The summed E-state index contributed by atoms with van der Waals surface area (Å²) in [6.07, 6.45) is 25.2. The fraction of sp³-hybridized carbons (Fsp3) is 0.839. The highest BCUT2D eigenvalue weighted by molar-refractivity contribution is 7.45. The summed E-state index contributed by atoms with van der Waals surface area (Å²) in [6, 6.07) is -0.892. The Balaban J connectivity index is 4.26. The van der Waals surface area contributed by atoms with E-state index in [-0.39, 0.29) is 18.9 Å². The molecule has 0 aromatic rings. The summed E-state index contributed by atoms with van der Waals surface area (Å²) in [5.41, 5.74) is 0. The normalized spacial score (nSPS) is 15.5. The van der Waals surface area contributed by atoms with Crippen molar-refractivity contribution in [2.75, 3.05) is 40.9 Å². The Morgan fingerprint density at radius 2 is 1.40 bits per heavy atom. The van der Waals surface area contributed by atoms with Crippen molar-refractivity contribution in [3.63, 3.8) is 0 Å². The number of hydrogen-bond donors (Lipinski definition) is 2. The predicted molar refractivity (Wildman–Crippen MR) is 164 cm³/mol. The van der Waals surface area contributed by atoms with Crippen LogP contribution in [0, 0.1) is 0 Å². The number of aliphatic hydroxyl groups excluding tert-OH is 1. The van der Waals surface area contributed by atoms with E-state index in [2.05, 4.69) is 24.4 Å². The smallest absolute Gasteiger partial charge is 0.268 e. The third kappa shape index (κ3) is 25.9. The lowest BCUT2D eigenvalue weighted by Gasteiger charge is -2.29. The molecule has 9 heteroatoms. The van der Waals surface area contributed by atoms with E-state index in [9.17, 15) is 19.4 Å². The van der Waals surface area contributed by atoms with E-state index in [0.717, 1.165) is 19.3 Å². The van der Waals surface area contributed by atoms with Crippen LogP contribution >= 0.6 is 7.82 Å². The van der Waals surface area contributed by atoms with Crippen LogP contribution in [0.15, 0.2) is 24.3 Å². The molecule has 0 saturated heterocycles. The molecule has 0 heterocycles. The van der Waals surface area contributed by atoms with Crippen molar-refractivity contribution in [1.29, 1.82) is 0 Å². The second kappa shape index (κ2) is 24.6. The van der Waals surface area contributed by atoms with Crippen LogP contribution in [0.3, 0.4) is 0 Å². The number of amides is 1. The fourth-order valence-electron chi connectivity index (χ4n) is 4.09. The number of aliphatic hydroxyl groups is 1. The average molecular weight is 589 g/mol. The molecule has 0 aliphatic heterocycles. The second-order valence-electron chi connectivity index (χ2n) is 11.8. The number of nitrogens with one attached hydrogen (secondary N) is 1. The van der Waals surface area contributed by atoms with Crippen molar-refractivity contribution >= 4 is 13.7 Å². The van der Waals surface area contributed by atoms with Crippen LogP contribution in [0.4, 0.5) is 0 Å². The topological polar surface area (TPSA) is 108 Å². The molecule has 0 aliphatic carbocycles. The van der Waals surface area contributed by atoms with Gasteiger partial charge in [0, 0.05) is 6.42 Å². The molecule has 0 aliphatic rings. The highest BCUT2D eigenvalue weighted by atomic mass is 31.2. The highest BCUT2D eigenvalue weighted by Gasteiger charge is 2.22. The molecule has 236 valence electrons. The van der Waals surface area contributed by atoms with Gasteiger partial charge < -0.3 is 28.8 Å². The lowest BCUT2D eigenvalue weighted by Crippen LogP contribution is -2.45. The zero-order valence-electron chi connectivity index (χ0n) is 26.3. The molecule has 0 radical (unpaired) electrons. The molecule has 8 nitrogen and oxygen atoms in total. The van der Waals surface area contributed by atoms with Gasteiger partial charge >= 0.3 is 0 Å². The fourth-order valence-corrected chi connectivity index (χ4v) is 4.81. The minimum Gasteiger partial charge on any atom is -0.756 e. The van der Waals surface area contributed by atoms with E-state index >= 15 is 0 Å². The molecule has 2 N–H and O–H groups in total. The number of unbranched alkanes of at least 4 members (excludes halogenated alkanes) is 12. The lowest BCUT2D eigenvalue weighted by molar-refractivity contribution is -0.870. The Morgan fingerprint density at radius 3 is 1.98 bits per heavy atom. The highest BCUT2D eigenvalue weighted by Crippen LogP contribution is 2.38. The van der Waals surface area contributed by atoms with E-state index in [0.29, 0.717) is 17.4 Å². The molecule has 1 amide bonds. The average Bonchev–Trinajstić information content (AvgIpc) is 2.87. The van der Waals surface area contributed by atoms with Gasteiger partial charge in [-0.15, -0.1) is 0 Å². The number of likely N-dealkylation sites (N-methyl/N-ethyl adjacent to an activating group) is 1. The molecule has 0 spiro atoms. The number of hydrogen-bond acceptors (Lipinski definition) is 6. The van der Waals surface area contributed by atoms with Crippen LogP contribution in [-0.4, -0.2) is 68.5 Å². The number of rotatable bonds is 27. The Hall–Kier alpha value is -1.02. The summed E-state index contributed by atoms with van der Waals surface area (Å²) < 4.78 is 22.6. The molecule has 3 atom stereocenters. The van der Waals surface area contributed by atoms with Crippen LogP contribution < -0.4 is 10.2 Å². The van der Waals surface area contributed by atoms with E-state index in [1.54, 1.807) is 6.08 Å². The van der Waals surface area contributed by atoms with Crippen LogP contribution in [-0.2, 0) is 18.4 Å². The van der Waals surface area contributed by atoms with Crippen molar-refractivity contribution in [3.8, 4) is 0 Å². The molecule has 0 fully saturated rings. The first kappa shape index (κ1) is 39.0. The summed E-state index contributed by atoms with van der Waals surface area (Å²) in [5, 5.41) is 13.3. The monoisotopic (exact) mass is 588 g/mol. The second-order valence-corrected chi connectivity index (χ2v) is 13.2. The SMILES string of the molecule is CCCCCCCCCCCCC/C=C/CC/C=C/C(O)C(COP(=O)([O-])OCC[N+](C)(C)C)NC(=O)CCC. The van der Waals surface area contributed by atoms with Gasteiger partial charge in [-0.05, 0) is 32.1 Å². The minimum atomic E-state index is -4.55. The predicted octanol–water partition coefficient (Wildman–Crippen LogP) is 6.43. The molecule has 0 rings (SSSR count). The van der Waals surface area contributed by atoms with Gasteiger partial charge in [-0.25, -0.2) is 0 Å². The van der Waals surface area contributed by atoms with Gasteiger partial charge in [-0.2, -0.15) is 0 Å². The number of phosphoric acid groups is 1. The molecular formula is C31H61N2O6P. The Morgan fingerprint density at radius 1 is 0.850 bits per heavy atom. The van der Waals surface area contributed by atoms with Crippen molar-refractivity contribution in [2.45, 2.75) is 129 Å². The molecule has 0 bridgehead atoms. The minimum absolute atomic E-state index is 0.00757. The standard InChI is InChI=1S/C31H61N2O6P/c1-6-8-9-10-11-12-13-14-15-16-17-18-19-20-21-22-23-25-30(34)29(32-31(35)24-7-2)28-39-40(36,37)38-27-26-33(3,4)5/h19-20,23,25,29-30,34H,6-18,21-22,24,26-28H2,1-5H3,(H-,32,35,36,37)/b20-19+,25-23+. The van der Waals surface area contributed by atoms with Gasteiger partial charge in [0.2, 0.25) is 5.91 Å². The van der Waals surface area contributed by atoms with Crippen molar-refractivity contribution in [1.82, 2.24) is 5.32 Å². The third-order valence-electron chi connectivity index (χ3n) is 6.63. The first-order chi connectivity index (χ1) is 19.0. The van der Waals surface area contributed by atoms with Crippen LogP contribution in [0.25, 0.3) is 0 Å². The van der Waals surface area contributed by atoms with Gasteiger partial charge in [0.05, 0.1) is 39.9 Å². The molecule has 40 heavy (non-hydrogen) atoms. The number of phosphoric ester groups is 1. The Kier molecular flexibility index (Phi) is 23.9. The van der Waals surface area contributed by atoms with E-state index in [1.165, 1.54) is 70.6 Å². The maximum atomic E-state index is 12.1. The van der Waals surface area contributed by atoms with Gasteiger partial charge in [-0.3, -0.25) is 9.36 Å². The summed E-state index contributed by atoms with van der Waals surface area (Å²) in [5.74, 6) is -0.263. The maximum absolute atomic E-state index is 12.1. The zero-order valence-corrected chi connectivity index (χ0v) is 27.2. The summed E-state index contributed by atoms with van der Waals surface area (Å²) in [7, 11) is 1.23. The van der Waals surface area contributed by atoms with Gasteiger partial charge in [-0.1, -0.05) is 102 Å². The van der Waals surface area contributed by atoms with Crippen molar-refractivity contribution in [3.05, 3.63) is 24.3 Å². The summed E-state index contributed by atoms with van der Waals surface area (Å²) in [4.78, 5) is 24.2. The third-order valence-corrected chi connectivity index (χ3v) is 7.60. The quantitative estimate of drug-likeness (QED) is 0.0495. The van der Waals surface area contributed by atoms with E-state index in [1.807, 2.05) is 34.1 Å². The number of quaternary nitrogens is 1. The first-order valence-electron chi connectivity index (χ1n) is 15.7. The molecule has 0 aromatic carbocycles. The maximum Gasteiger partial charge on any atom is 0.268 e. The van der Waals surface area contributed by atoms with Crippen molar-refractivity contribution in [2.24, 2.45) is 0 Å². The van der Waals surface area contributed by atoms with Gasteiger partial charge in [0.15, 0.2) is 0 Å². The summed E-state index contributed by atoms with van der Waals surface area (Å²) in [6.45, 7) is 4.22.